The van der Waals surface area contributed by atoms with Gasteiger partial charge in [0.25, 0.3) is 15.9 Å². The summed E-state index contributed by atoms with van der Waals surface area (Å²) in [5.41, 5.74) is 1.80. The molecule has 0 bridgehead atoms. The van der Waals surface area contributed by atoms with Crippen LogP contribution in [0.3, 0.4) is 0 Å². The molecule has 7 heteroatoms. The highest BCUT2D eigenvalue weighted by Gasteiger charge is 2.17. The monoisotopic (exact) mass is 417 g/mol. The van der Waals surface area contributed by atoms with Gasteiger partial charge in [-0.3, -0.25) is 14.4 Å². The second-order valence-electron chi connectivity index (χ2n) is 7.63. The maximum atomic E-state index is 12.6. The van der Waals surface area contributed by atoms with E-state index in [1.165, 1.54) is 24.3 Å². The predicted octanol–water partition coefficient (Wildman–Crippen LogP) is 3.64. The number of hydrogen-bond acceptors (Lipinski definition) is 4. The topological polar surface area (TPSA) is 78.5 Å². The molecule has 0 spiro atoms. The average molecular weight is 418 g/mol. The van der Waals surface area contributed by atoms with Crippen molar-refractivity contribution in [2.24, 2.45) is 0 Å². The van der Waals surface area contributed by atoms with Crippen molar-refractivity contribution < 1.29 is 13.2 Å². The van der Waals surface area contributed by atoms with Crippen molar-refractivity contribution in [3.63, 3.8) is 0 Å². The number of nitrogens with one attached hydrogen (secondary N) is 2. The minimum atomic E-state index is -3.71. The summed E-state index contributed by atoms with van der Waals surface area (Å²) in [5, 5.41) is 2.90. The van der Waals surface area contributed by atoms with Crippen LogP contribution in [0.25, 0.3) is 0 Å². The number of amides is 1. The normalized spacial score (nSPS) is 11.9. The first-order chi connectivity index (χ1) is 13.6. The molecule has 0 aliphatic carbocycles. The maximum absolute atomic E-state index is 12.6. The van der Waals surface area contributed by atoms with Crippen molar-refractivity contribution in [2.75, 3.05) is 17.8 Å². The third kappa shape index (κ3) is 6.30. The van der Waals surface area contributed by atoms with Gasteiger partial charge >= 0.3 is 0 Å². The summed E-state index contributed by atoms with van der Waals surface area (Å²) in [4.78, 5) is 14.8. The van der Waals surface area contributed by atoms with E-state index in [1.54, 1.807) is 12.1 Å². The number of carbonyl (C=O) groups is 1. The number of nitrogens with zero attached hydrogens (tertiary/aromatic N) is 1. The van der Waals surface area contributed by atoms with Gasteiger partial charge in [0, 0.05) is 30.7 Å². The van der Waals surface area contributed by atoms with Gasteiger partial charge < -0.3 is 5.32 Å². The molecule has 0 saturated carbocycles. The summed E-state index contributed by atoms with van der Waals surface area (Å²) in [6, 6.07) is 13.9. The third-order valence-corrected chi connectivity index (χ3v) is 6.18. The number of sulfonamides is 1. The largest absolute Gasteiger partial charge is 0.351 e. The Morgan fingerprint density at radius 2 is 1.55 bits per heavy atom. The lowest BCUT2D eigenvalue weighted by molar-refractivity contribution is 0.0939. The molecule has 0 atom stereocenters. The molecule has 0 unspecified atom stereocenters. The molecule has 1 amide bonds. The van der Waals surface area contributed by atoms with E-state index in [9.17, 15) is 13.2 Å². The molecule has 158 valence electrons. The Labute approximate surface area is 174 Å². The number of benzene rings is 2. The Morgan fingerprint density at radius 1 is 0.966 bits per heavy atom. The summed E-state index contributed by atoms with van der Waals surface area (Å²) in [7, 11) is -3.71. The maximum Gasteiger partial charge on any atom is 0.261 e. The van der Waals surface area contributed by atoms with Gasteiger partial charge in [-0.2, -0.15) is 0 Å². The van der Waals surface area contributed by atoms with Gasteiger partial charge in [-0.05, 0) is 70.5 Å². The minimum Gasteiger partial charge on any atom is -0.351 e. The highest BCUT2D eigenvalue weighted by atomic mass is 32.2. The van der Waals surface area contributed by atoms with Crippen LogP contribution in [0, 0.1) is 6.92 Å². The summed E-state index contributed by atoms with van der Waals surface area (Å²) in [6.07, 6.45) is 0. The van der Waals surface area contributed by atoms with E-state index in [0.29, 0.717) is 29.9 Å². The molecule has 6 nitrogen and oxygen atoms in total. The molecule has 2 N–H and O–H groups in total. The Kier molecular flexibility index (Phi) is 7.81. The van der Waals surface area contributed by atoms with Crippen LogP contribution in [0.2, 0.25) is 0 Å². The lowest BCUT2D eigenvalue weighted by atomic mass is 10.2. The number of rotatable bonds is 9. The van der Waals surface area contributed by atoms with Crippen molar-refractivity contribution in [2.45, 2.75) is 51.6 Å². The fraction of sp³-hybridized carbons (Fsp3) is 0.409. The fourth-order valence-corrected chi connectivity index (χ4v) is 4.32. The van der Waals surface area contributed by atoms with Crippen LogP contribution in [0.15, 0.2) is 53.4 Å². The lowest BCUT2D eigenvalue weighted by Gasteiger charge is -2.30. The second kappa shape index (κ2) is 9.89. The Morgan fingerprint density at radius 3 is 2.10 bits per heavy atom. The van der Waals surface area contributed by atoms with Gasteiger partial charge in [0.05, 0.1) is 10.6 Å². The smallest absolute Gasteiger partial charge is 0.261 e. The highest BCUT2D eigenvalue weighted by Crippen LogP contribution is 2.19. The predicted molar refractivity (Wildman–Crippen MR) is 118 cm³/mol. The standard InChI is InChI=1S/C22H31N3O3S/c1-16(2)25(17(3)4)15-14-23-22(26)19-10-12-20(13-11-19)29(27,28)24-21-9-7-6-8-18(21)5/h6-13,16-17,24H,14-15H2,1-5H3,(H,23,26). The van der Waals surface area contributed by atoms with Gasteiger partial charge in [0.15, 0.2) is 0 Å². The van der Waals surface area contributed by atoms with Gasteiger partial charge in [-0.25, -0.2) is 8.42 Å². The molecular formula is C22H31N3O3S. The molecule has 2 aromatic carbocycles. The quantitative estimate of drug-likeness (QED) is 0.653. The Bertz CT molecular complexity index is 915. The molecule has 2 rings (SSSR count). The Balaban J connectivity index is 2.00. The van der Waals surface area contributed by atoms with Crippen LogP contribution in [-0.4, -0.2) is 44.4 Å². The molecule has 0 aliphatic rings. The van der Waals surface area contributed by atoms with Gasteiger partial charge in [-0.15, -0.1) is 0 Å². The van der Waals surface area contributed by atoms with Crippen molar-refractivity contribution in [3.8, 4) is 0 Å². The van der Waals surface area contributed by atoms with E-state index in [0.717, 1.165) is 12.1 Å². The summed E-state index contributed by atoms with van der Waals surface area (Å²) < 4.78 is 27.8. The van der Waals surface area contributed by atoms with Gasteiger partial charge in [0.1, 0.15) is 0 Å². The van der Waals surface area contributed by atoms with Crippen LogP contribution in [0.5, 0.6) is 0 Å². The molecular weight excluding hydrogens is 386 g/mol. The van der Waals surface area contributed by atoms with Crippen LogP contribution in [0.4, 0.5) is 5.69 Å². The number of para-hydroxylation sites is 1. The zero-order chi connectivity index (χ0) is 21.6. The van der Waals surface area contributed by atoms with Crippen LogP contribution in [-0.2, 0) is 10.0 Å². The molecule has 29 heavy (non-hydrogen) atoms. The molecule has 0 heterocycles. The first kappa shape index (κ1) is 22.9. The first-order valence-electron chi connectivity index (χ1n) is 9.84. The van der Waals surface area contributed by atoms with Gasteiger partial charge in [-0.1, -0.05) is 18.2 Å². The van der Waals surface area contributed by atoms with E-state index in [-0.39, 0.29) is 10.8 Å². The van der Waals surface area contributed by atoms with E-state index >= 15 is 0 Å². The highest BCUT2D eigenvalue weighted by molar-refractivity contribution is 7.92. The summed E-state index contributed by atoms with van der Waals surface area (Å²) >= 11 is 0. The number of carbonyl (C=O) groups excluding carboxylic acids is 1. The minimum absolute atomic E-state index is 0.114. The van der Waals surface area contributed by atoms with Crippen LogP contribution in [0.1, 0.15) is 43.6 Å². The molecule has 0 aromatic heterocycles. The van der Waals surface area contributed by atoms with E-state index in [4.69, 9.17) is 0 Å². The second-order valence-corrected chi connectivity index (χ2v) is 9.31. The molecule has 0 fully saturated rings. The zero-order valence-electron chi connectivity index (χ0n) is 17.8. The van der Waals surface area contributed by atoms with Crippen molar-refractivity contribution >= 4 is 21.6 Å². The van der Waals surface area contributed by atoms with Crippen molar-refractivity contribution in [1.82, 2.24) is 10.2 Å². The van der Waals surface area contributed by atoms with Crippen LogP contribution < -0.4 is 10.0 Å². The first-order valence-corrected chi connectivity index (χ1v) is 11.3. The number of aryl methyl sites for hydroxylation is 1. The van der Waals surface area contributed by atoms with Crippen molar-refractivity contribution in [3.05, 3.63) is 59.7 Å². The number of hydrogen-bond donors (Lipinski definition) is 2. The van der Waals surface area contributed by atoms with Gasteiger partial charge in [0.2, 0.25) is 0 Å². The SMILES string of the molecule is Cc1ccccc1NS(=O)(=O)c1ccc(C(=O)NCCN(C(C)C)C(C)C)cc1. The summed E-state index contributed by atoms with van der Waals surface area (Å²) in [6.45, 7) is 11.7. The molecule has 2 aromatic rings. The number of anilines is 1. The lowest BCUT2D eigenvalue weighted by Crippen LogP contribution is -2.42. The molecule has 0 aliphatic heterocycles. The van der Waals surface area contributed by atoms with Crippen LogP contribution >= 0.6 is 0 Å². The van der Waals surface area contributed by atoms with E-state index in [2.05, 4.69) is 42.6 Å². The average Bonchev–Trinajstić information content (AvgIpc) is 2.66. The van der Waals surface area contributed by atoms with Crippen molar-refractivity contribution in [1.29, 1.82) is 0 Å². The third-order valence-electron chi connectivity index (χ3n) is 4.80. The molecule has 0 saturated heterocycles. The molecule has 0 radical (unpaired) electrons. The summed E-state index contributed by atoms with van der Waals surface area (Å²) in [5.74, 6) is -0.215. The van der Waals surface area contributed by atoms with E-state index < -0.39 is 10.0 Å². The Hall–Kier alpha value is -2.38. The zero-order valence-corrected chi connectivity index (χ0v) is 18.6. The fourth-order valence-electron chi connectivity index (χ4n) is 3.19. The van der Waals surface area contributed by atoms with E-state index in [1.807, 2.05) is 19.1 Å².